The number of halogens is 1. The number of aromatic nitrogens is 1. The summed E-state index contributed by atoms with van der Waals surface area (Å²) in [6, 6.07) is 13.1. The Labute approximate surface area is 152 Å². The quantitative estimate of drug-likeness (QED) is 0.681. The lowest BCUT2D eigenvalue weighted by Crippen LogP contribution is -2.18. The van der Waals surface area contributed by atoms with Gasteiger partial charge in [-0.2, -0.15) is 0 Å². The van der Waals surface area contributed by atoms with E-state index in [1.807, 2.05) is 18.2 Å². The molecule has 0 aliphatic heterocycles. The van der Waals surface area contributed by atoms with Gasteiger partial charge in [-0.15, -0.1) is 0 Å². The van der Waals surface area contributed by atoms with Gasteiger partial charge in [0.15, 0.2) is 0 Å². The first kappa shape index (κ1) is 17.6. The first-order valence-electron chi connectivity index (χ1n) is 8.28. The van der Waals surface area contributed by atoms with Crippen LogP contribution in [0.5, 0.6) is 0 Å². The lowest BCUT2D eigenvalue weighted by molar-refractivity contribution is 0.0696. The van der Waals surface area contributed by atoms with Gasteiger partial charge in [0.25, 0.3) is 0 Å². The van der Waals surface area contributed by atoms with Crippen LogP contribution in [0.2, 0.25) is 5.02 Å². The van der Waals surface area contributed by atoms with Crippen molar-refractivity contribution in [3.63, 3.8) is 0 Å². The molecule has 1 aromatic heterocycles. The molecule has 0 saturated heterocycles. The number of aryl methyl sites for hydroxylation is 1. The van der Waals surface area contributed by atoms with Crippen LogP contribution in [-0.2, 0) is 18.9 Å². The minimum absolute atomic E-state index is 0.0417. The van der Waals surface area contributed by atoms with E-state index in [9.17, 15) is 9.90 Å². The molecule has 130 valence electrons. The Hall–Kier alpha value is -2.26. The fourth-order valence-corrected chi connectivity index (χ4v) is 3.81. The zero-order valence-electron chi connectivity index (χ0n) is 14.9. The summed E-state index contributed by atoms with van der Waals surface area (Å²) in [6.07, 6.45) is 0.687. The normalized spacial score (nSPS) is 11.9. The van der Waals surface area contributed by atoms with E-state index in [1.54, 1.807) is 18.2 Å². The van der Waals surface area contributed by atoms with E-state index in [1.165, 1.54) is 11.3 Å². The highest BCUT2D eigenvalue weighted by Crippen LogP contribution is 2.36. The molecule has 3 rings (SSSR count). The van der Waals surface area contributed by atoms with Crippen LogP contribution in [-0.4, -0.2) is 15.6 Å². The highest BCUT2D eigenvalue weighted by Gasteiger charge is 2.25. The third-order valence-electron chi connectivity index (χ3n) is 4.53. The van der Waals surface area contributed by atoms with Crippen LogP contribution in [0.4, 0.5) is 0 Å². The van der Waals surface area contributed by atoms with Crippen molar-refractivity contribution in [2.75, 3.05) is 0 Å². The van der Waals surface area contributed by atoms with Gasteiger partial charge in [0, 0.05) is 34.1 Å². The maximum atomic E-state index is 11.3. The van der Waals surface area contributed by atoms with Crippen molar-refractivity contribution in [3.8, 4) is 0 Å². The summed E-state index contributed by atoms with van der Waals surface area (Å²) in [5, 5.41) is 11.1. The molecule has 0 aliphatic carbocycles. The topological polar surface area (TPSA) is 42.2 Å². The van der Waals surface area contributed by atoms with E-state index in [4.69, 9.17) is 11.6 Å². The van der Waals surface area contributed by atoms with Crippen LogP contribution in [0.15, 0.2) is 42.5 Å². The van der Waals surface area contributed by atoms with Gasteiger partial charge in [0.05, 0.1) is 5.56 Å². The molecule has 0 amide bonds. The summed E-state index contributed by atoms with van der Waals surface area (Å²) in [6.45, 7) is 6.58. The van der Waals surface area contributed by atoms with Crippen LogP contribution in [0.3, 0.4) is 0 Å². The summed E-state index contributed by atoms with van der Waals surface area (Å²) in [4.78, 5) is 11.3. The number of aromatic carboxylic acids is 1. The van der Waals surface area contributed by atoms with Gasteiger partial charge in [-0.3, -0.25) is 0 Å². The molecule has 0 spiro atoms. The Morgan fingerprint density at radius 1 is 1.16 bits per heavy atom. The Kier molecular flexibility index (Phi) is 4.38. The Bertz CT molecular complexity index is 964. The van der Waals surface area contributed by atoms with Crippen LogP contribution in [0.25, 0.3) is 10.9 Å². The molecule has 0 fully saturated rings. The number of nitrogens with zero attached hydrogens (tertiary/aromatic N) is 1. The maximum absolute atomic E-state index is 11.3. The van der Waals surface area contributed by atoms with Gasteiger partial charge in [-0.05, 0) is 41.8 Å². The van der Waals surface area contributed by atoms with Gasteiger partial charge in [0.2, 0.25) is 0 Å². The third kappa shape index (κ3) is 3.29. The van der Waals surface area contributed by atoms with Gasteiger partial charge in [-0.1, -0.05) is 50.6 Å². The molecule has 0 saturated carbocycles. The van der Waals surface area contributed by atoms with E-state index in [-0.39, 0.29) is 5.41 Å². The average Bonchev–Trinajstić information content (AvgIpc) is 2.79. The molecule has 0 aliphatic rings. The Balaban J connectivity index is 2.21. The van der Waals surface area contributed by atoms with Gasteiger partial charge in [-0.25, -0.2) is 4.79 Å². The summed E-state index contributed by atoms with van der Waals surface area (Å²) in [5.41, 5.74) is 4.84. The first-order chi connectivity index (χ1) is 11.7. The summed E-state index contributed by atoms with van der Waals surface area (Å²) < 4.78 is 2.21. The van der Waals surface area contributed by atoms with E-state index < -0.39 is 5.97 Å². The zero-order chi connectivity index (χ0) is 18.4. The van der Waals surface area contributed by atoms with Crippen LogP contribution in [0, 0.1) is 0 Å². The number of hydrogen-bond acceptors (Lipinski definition) is 1. The number of hydrogen-bond donors (Lipinski definition) is 1. The van der Waals surface area contributed by atoms with Crippen molar-refractivity contribution < 1.29 is 9.90 Å². The standard InChI is InChI=1S/C21H22ClNO2/c1-21(2,3)19-17(11-13-6-5-7-14(10-13)20(24)25)16-9-8-15(22)12-18(16)23(19)4/h5-10,12H,11H2,1-4H3,(H,24,25). The molecular weight excluding hydrogens is 334 g/mol. The largest absolute Gasteiger partial charge is 0.478 e. The second-order valence-electron chi connectivity index (χ2n) is 7.48. The van der Waals surface area contributed by atoms with Crippen LogP contribution >= 0.6 is 11.6 Å². The molecule has 1 heterocycles. The Morgan fingerprint density at radius 2 is 1.88 bits per heavy atom. The zero-order valence-corrected chi connectivity index (χ0v) is 15.7. The molecule has 3 aromatic rings. The van der Waals surface area contributed by atoms with E-state index in [0.29, 0.717) is 17.0 Å². The summed E-state index contributed by atoms with van der Waals surface area (Å²) >= 11 is 6.20. The highest BCUT2D eigenvalue weighted by atomic mass is 35.5. The fourth-order valence-electron chi connectivity index (χ4n) is 3.64. The number of carboxylic acid groups (broad SMARTS) is 1. The van der Waals surface area contributed by atoms with Crippen LogP contribution in [0.1, 0.15) is 48.0 Å². The van der Waals surface area contributed by atoms with E-state index in [0.717, 1.165) is 16.5 Å². The summed E-state index contributed by atoms with van der Waals surface area (Å²) in [5.74, 6) is -0.900. The number of carboxylic acids is 1. The molecule has 0 bridgehead atoms. The van der Waals surface area contributed by atoms with Crippen molar-refractivity contribution in [1.82, 2.24) is 4.57 Å². The maximum Gasteiger partial charge on any atom is 0.335 e. The highest BCUT2D eigenvalue weighted by molar-refractivity contribution is 6.31. The lowest BCUT2D eigenvalue weighted by atomic mass is 9.86. The summed E-state index contributed by atoms with van der Waals surface area (Å²) in [7, 11) is 2.07. The number of rotatable bonds is 3. The average molecular weight is 356 g/mol. The second-order valence-corrected chi connectivity index (χ2v) is 7.92. The SMILES string of the molecule is Cn1c(C(C)(C)C)c(Cc2cccc(C(=O)O)c2)c2ccc(Cl)cc21. The third-order valence-corrected chi connectivity index (χ3v) is 4.77. The van der Waals surface area contributed by atoms with Gasteiger partial charge >= 0.3 is 5.97 Å². The molecule has 1 N–H and O–H groups in total. The molecule has 3 nitrogen and oxygen atoms in total. The molecule has 25 heavy (non-hydrogen) atoms. The van der Waals surface area contributed by atoms with Crippen LogP contribution < -0.4 is 0 Å². The van der Waals surface area contributed by atoms with Crippen molar-refractivity contribution in [2.24, 2.45) is 7.05 Å². The fraction of sp³-hybridized carbons (Fsp3) is 0.286. The molecule has 0 radical (unpaired) electrons. The molecule has 0 atom stereocenters. The van der Waals surface area contributed by atoms with Crippen molar-refractivity contribution in [3.05, 3.63) is 69.9 Å². The van der Waals surface area contributed by atoms with Gasteiger partial charge < -0.3 is 9.67 Å². The van der Waals surface area contributed by atoms with Crippen molar-refractivity contribution >= 4 is 28.5 Å². The molecule has 0 unspecified atom stereocenters. The van der Waals surface area contributed by atoms with Crippen molar-refractivity contribution in [2.45, 2.75) is 32.6 Å². The number of fused-ring (bicyclic) bond motifs is 1. The predicted molar refractivity (Wildman–Crippen MR) is 103 cm³/mol. The Morgan fingerprint density at radius 3 is 2.52 bits per heavy atom. The number of benzene rings is 2. The second kappa shape index (κ2) is 6.23. The monoisotopic (exact) mass is 355 g/mol. The lowest BCUT2D eigenvalue weighted by Gasteiger charge is -2.22. The predicted octanol–water partition coefficient (Wildman–Crippen LogP) is 5.42. The molecular formula is C21H22ClNO2. The number of carbonyl (C=O) groups is 1. The van der Waals surface area contributed by atoms with E-state index >= 15 is 0 Å². The minimum atomic E-state index is -0.900. The smallest absolute Gasteiger partial charge is 0.335 e. The van der Waals surface area contributed by atoms with E-state index in [2.05, 4.69) is 38.5 Å². The van der Waals surface area contributed by atoms with Gasteiger partial charge in [0.1, 0.15) is 0 Å². The first-order valence-corrected chi connectivity index (χ1v) is 8.66. The minimum Gasteiger partial charge on any atom is -0.478 e. The molecule has 2 aromatic carbocycles. The molecule has 4 heteroatoms. The van der Waals surface area contributed by atoms with Crippen molar-refractivity contribution in [1.29, 1.82) is 0 Å².